The number of ether oxygens (including phenoxy) is 3. The number of hydrogen-bond acceptors (Lipinski definition) is 5. The van der Waals surface area contributed by atoms with Crippen LogP contribution in [0.15, 0.2) is 60.7 Å². The number of nitrogens with zero attached hydrogens (tertiary/aromatic N) is 1. The van der Waals surface area contributed by atoms with Gasteiger partial charge in [0.15, 0.2) is 18.1 Å². The topological polar surface area (TPSA) is 68.5 Å². The highest BCUT2D eigenvalue weighted by atomic mass is 35.5. The lowest BCUT2D eigenvalue weighted by atomic mass is 10.0. The van der Waals surface area contributed by atoms with E-state index >= 15 is 0 Å². The van der Waals surface area contributed by atoms with Gasteiger partial charge in [0.1, 0.15) is 5.75 Å². The molecule has 0 amide bonds. The van der Waals surface area contributed by atoms with Gasteiger partial charge in [-0.2, -0.15) is 5.26 Å². The second-order valence-electron chi connectivity index (χ2n) is 6.43. The van der Waals surface area contributed by atoms with E-state index < -0.39 is 5.97 Å². The molecule has 0 radical (unpaired) electrons. The summed E-state index contributed by atoms with van der Waals surface area (Å²) in [7, 11) is 1.45. The molecule has 162 valence electrons. The Morgan fingerprint density at radius 2 is 1.72 bits per heavy atom. The zero-order valence-corrected chi connectivity index (χ0v) is 19.0. The van der Waals surface area contributed by atoms with Crippen LogP contribution in [0, 0.1) is 11.3 Å². The lowest BCUT2D eigenvalue weighted by Gasteiger charge is -2.11. The van der Waals surface area contributed by atoms with Crippen LogP contribution in [0.25, 0.3) is 11.6 Å². The van der Waals surface area contributed by atoms with Gasteiger partial charge in [-0.25, -0.2) is 4.79 Å². The zero-order chi connectivity index (χ0) is 23.1. The molecule has 32 heavy (non-hydrogen) atoms. The number of benzene rings is 3. The maximum atomic E-state index is 12.2. The van der Waals surface area contributed by atoms with E-state index in [4.69, 9.17) is 49.0 Å². The van der Waals surface area contributed by atoms with Gasteiger partial charge in [0.05, 0.1) is 23.8 Å². The van der Waals surface area contributed by atoms with Crippen molar-refractivity contribution in [3.8, 4) is 23.3 Å². The molecule has 0 saturated carbocycles. The van der Waals surface area contributed by atoms with Crippen LogP contribution in [0.2, 0.25) is 15.1 Å². The number of halogens is 3. The third kappa shape index (κ3) is 6.18. The fraction of sp³-hybridized carbons (Fsp3) is 0.0833. The minimum Gasteiger partial charge on any atom is -0.493 e. The minimum absolute atomic E-state index is 0.210. The van der Waals surface area contributed by atoms with Crippen molar-refractivity contribution in [3.05, 3.63) is 86.9 Å². The van der Waals surface area contributed by atoms with Crippen LogP contribution in [0.4, 0.5) is 0 Å². The van der Waals surface area contributed by atoms with E-state index in [0.29, 0.717) is 38.2 Å². The lowest BCUT2D eigenvalue weighted by Crippen LogP contribution is -2.18. The third-order valence-corrected chi connectivity index (χ3v) is 4.98. The normalized spacial score (nSPS) is 10.9. The van der Waals surface area contributed by atoms with E-state index in [9.17, 15) is 10.1 Å². The maximum absolute atomic E-state index is 12.2. The fourth-order valence-electron chi connectivity index (χ4n) is 2.74. The van der Waals surface area contributed by atoms with Gasteiger partial charge >= 0.3 is 5.97 Å². The highest BCUT2D eigenvalue weighted by Gasteiger charge is 2.13. The molecule has 0 atom stereocenters. The first kappa shape index (κ1) is 23.5. The number of esters is 1. The highest BCUT2D eigenvalue weighted by molar-refractivity contribution is 6.35. The summed E-state index contributed by atoms with van der Waals surface area (Å²) in [6.45, 7) is -0.362. The van der Waals surface area contributed by atoms with Crippen molar-refractivity contribution < 1.29 is 19.0 Å². The number of allylic oxidation sites excluding steroid dienone is 1. The van der Waals surface area contributed by atoms with Gasteiger partial charge in [0.2, 0.25) is 0 Å². The van der Waals surface area contributed by atoms with Crippen molar-refractivity contribution in [3.63, 3.8) is 0 Å². The average molecular weight is 489 g/mol. The Labute approximate surface area is 200 Å². The predicted molar refractivity (Wildman–Crippen MR) is 126 cm³/mol. The van der Waals surface area contributed by atoms with Crippen molar-refractivity contribution in [2.24, 2.45) is 0 Å². The van der Waals surface area contributed by atoms with Crippen molar-refractivity contribution in [2.45, 2.75) is 0 Å². The summed E-state index contributed by atoms with van der Waals surface area (Å²) < 4.78 is 16.1. The van der Waals surface area contributed by atoms with Crippen molar-refractivity contribution in [1.82, 2.24) is 0 Å². The summed E-state index contributed by atoms with van der Waals surface area (Å²) in [6, 6.07) is 18.8. The molecule has 0 heterocycles. The minimum atomic E-state index is -0.644. The molecule has 0 aliphatic rings. The Kier molecular flexibility index (Phi) is 8.02. The van der Waals surface area contributed by atoms with E-state index in [2.05, 4.69) is 6.07 Å². The predicted octanol–water partition coefficient (Wildman–Crippen LogP) is 6.70. The molecule has 3 aromatic rings. The van der Waals surface area contributed by atoms with Crippen LogP contribution in [-0.4, -0.2) is 19.7 Å². The molecule has 3 rings (SSSR count). The van der Waals surface area contributed by atoms with Crippen molar-refractivity contribution in [1.29, 1.82) is 5.26 Å². The van der Waals surface area contributed by atoms with Crippen molar-refractivity contribution >= 4 is 52.4 Å². The second-order valence-corrected chi connectivity index (χ2v) is 7.71. The van der Waals surface area contributed by atoms with Crippen LogP contribution in [0.1, 0.15) is 11.1 Å². The monoisotopic (exact) mass is 487 g/mol. The van der Waals surface area contributed by atoms with Gasteiger partial charge in [0.25, 0.3) is 0 Å². The van der Waals surface area contributed by atoms with Crippen LogP contribution < -0.4 is 14.2 Å². The van der Waals surface area contributed by atoms with Crippen molar-refractivity contribution in [2.75, 3.05) is 13.7 Å². The van der Waals surface area contributed by atoms with E-state index in [1.54, 1.807) is 60.7 Å². The van der Waals surface area contributed by atoms with Gasteiger partial charge in [0, 0.05) is 10.0 Å². The summed E-state index contributed by atoms with van der Waals surface area (Å²) in [6.07, 6.45) is 1.69. The number of methoxy groups -OCH3 is 1. The second kappa shape index (κ2) is 10.9. The Bertz CT molecular complexity index is 1220. The molecule has 0 spiro atoms. The highest BCUT2D eigenvalue weighted by Crippen LogP contribution is 2.31. The van der Waals surface area contributed by atoms with Gasteiger partial charge in [-0.3, -0.25) is 0 Å². The molecule has 0 aromatic heterocycles. The number of nitriles is 1. The van der Waals surface area contributed by atoms with Gasteiger partial charge in [-0.05, 0) is 59.7 Å². The number of carbonyl (C=O) groups is 1. The fourth-order valence-corrected chi connectivity index (χ4v) is 3.40. The van der Waals surface area contributed by atoms with E-state index in [1.807, 2.05) is 0 Å². The Balaban J connectivity index is 1.73. The van der Waals surface area contributed by atoms with Gasteiger partial charge in [-0.15, -0.1) is 0 Å². The molecule has 8 heteroatoms. The van der Waals surface area contributed by atoms with Gasteiger partial charge < -0.3 is 14.2 Å². The average Bonchev–Trinajstić information content (AvgIpc) is 2.77. The molecule has 3 aromatic carbocycles. The van der Waals surface area contributed by atoms with Crippen LogP contribution in [-0.2, 0) is 4.79 Å². The van der Waals surface area contributed by atoms with E-state index in [-0.39, 0.29) is 17.4 Å². The maximum Gasteiger partial charge on any atom is 0.349 e. The summed E-state index contributed by atoms with van der Waals surface area (Å²) in [5.74, 6) is 0.196. The Morgan fingerprint density at radius 3 is 2.41 bits per heavy atom. The molecule has 0 saturated heterocycles. The molecule has 0 fully saturated rings. The smallest absolute Gasteiger partial charge is 0.349 e. The van der Waals surface area contributed by atoms with Crippen LogP contribution in [0.5, 0.6) is 17.2 Å². The molecule has 0 aliphatic carbocycles. The molecular weight excluding hydrogens is 473 g/mol. The summed E-state index contributed by atoms with van der Waals surface area (Å²) in [4.78, 5) is 12.2. The largest absolute Gasteiger partial charge is 0.493 e. The van der Waals surface area contributed by atoms with Gasteiger partial charge in [-0.1, -0.05) is 53.0 Å². The van der Waals surface area contributed by atoms with E-state index in [0.717, 1.165) is 0 Å². The Morgan fingerprint density at radius 1 is 0.969 bits per heavy atom. The first-order valence-corrected chi connectivity index (χ1v) is 10.4. The first-order valence-electron chi connectivity index (χ1n) is 9.24. The molecule has 5 nitrogen and oxygen atoms in total. The zero-order valence-electron chi connectivity index (χ0n) is 16.8. The van der Waals surface area contributed by atoms with Crippen LogP contribution >= 0.6 is 34.8 Å². The molecule has 0 bridgehead atoms. The first-order chi connectivity index (χ1) is 15.4. The SMILES string of the molecule is COc1cc(/C=C(/C#N)c2cccc(Cl)c2)ccc1OC(=O)COc1ccc(Cl)cc1Cl. The number of rotatable bonds is 7. The molecule has 0 aliphatic heterocycles. The summed E-state index contributed by atoms with van der Waals surface area (Å²) >= 11 is 17.9. The molecule has 0 unspecified atom stereocenters. The quantitative estimate of drug-likeness (QED) is 0.160. The van der Waals surface area contributed by atoms with Crippen LogP contribution in [0.3, 0.4) is 0 Å². The molecular formula is C24H16Cl3NO4. The standard InChI is InChI=1S/C24H16Cl3NO4/c1-30-23-10-15(9-17(13-28)16-3-2-4-18(25)11-16)5-7-22(23)32-24(29)14-31-21-8-6-19(26)12-20(21)27/h2-12H,14H2,1H3/b17-9-. The summed E-state index contributed by atoms with van der Waals surface area (Å²) in [5.41, 5.74) is 1.79. The number of hydrogen-bond donors (Lipinski definition) is 0. The lowest BCUT2D eigenvalue weighted by molar-refractivity contribution is -0.136. The summed E-state index contributed by atoms with van der Waals surface area (Å²) in [5, 5.41) is 10.8. The third-order valence-electron chi connectivity index (χ3n) is 4.22. The van der Waals surface area contributed by atoms with E-state index in [1.165, 1.54) is 13.2 Å². The number of carbonyl (C=O) groups excluding carboxylic acids is 1. The Hall–Kier alpha value is -3.17. The molecule has 0 N–H and O–H groups in total.